The third-order valence-electron chi connectivity index (χ3n) is 4.44. The number of carbonyl (C=O) groups excluding carboxylic acids is 3. The Hall–Kier alpha value is -3.20. The molecule has 1 aromatic rings. The van der Waals surface area contributed by atoms with E-state index in [1.165, 1.54) is 23.1 Å². The van der Waals surface area contributed by atoms with E-state index in [4.69, 9.17) is 9.47 Å². The van der Waals surface area contributed by atoms with Crippen LogP contribution in [0, 0.1) is 5.21 Å². The van der Waals surface area contributed by atoms with Crippen molar-refractivity contribution in [2.45, 2.75) is 26.3 Å². The summed E-state index contributed by atoms with van der Waals surface area (Å²) in [5.74, 6) is -1.63. The molecular weight excluding hydrogens is 480 g/mol. The first-order valence-electron chi connectivity index (χ1n) is 10.1. The van der Waals surface area contributed by atoms with Crippen molar-refractivity contribution in [1.82, 2.24) is 0 Å². The molecule has 9 heteroatoms. The Labute approximate surface area is 195 Å². The maximum atomic E-state index is 13.4. The number of hydrogen-bond donors (Lipinski definition) is 0. The fourth-order valence-corrected chi connectivity index (χ4v) is 3.46. The number of fused-ring (bicyclic) bond motifs is 1. The van der Waals surface area contributed by atoms with Gasteiger partial charge in [-0.2, -0.15) is 4.74 Å². The molecule has 8 nitrogen and oxygen atoms in total. The van der Waals surface area contributed by atoms with Crippen molar-refractivity contribution in [2.24, 2.45) is 0 Å². The molecule has 0 radical (unpaired) electrons. The lowest BCUT2D eigenvalue weighted by Gasteiger charge is -2.15. The van der Waals surface area contributed by atoms with Crippen LogP contribution in [0.2, 0.25) is 0 Å². The van der Waals surface area contributed by atoms with Crippen LogP contribution >= 0.6 is 15.9 Å². The molecule has 170 valence electrons. The van der Waals surface area contributed by atoms with Crippen LogP contribution in [0.15, 0.2) is 59.6 Å². The third-order valence-corrected chi connectivity index (χ3v) is 4.94. The largest absolute Gasteiger partial charge is 0.623 e. The van der Waals surface area contributed by atoms with Crippen molar-refractivity contribution in [3.8, 4) is 0 Å². The molecule has 0 bridgehead atoms. The Morgan fingerprint density at radius 1 is 1.22 bits per heavy atom. The first-order chi connectivity index (χ1) is 15.3. The van der Waals surface area contributed by atoms with Gasteiger partial charge in [-0.1, -0.05) is 28.1 Å². The molecule has 1 amide bonds. The number of halogens is 1. The van der Waals surface area contributed by atoms with E-state index in [9.17, 15) is 19.6 Å². The summed E-state index contributed by atoms with van der Waals surface area (Å²) in [4.78, 5) is 37.9. The maximum Gasteiger partial charge on any atom is 0.330 e. The van der Waals surface area contributed by atoms with Crippen molar-refractivity contribution in [3.05, 3.63) is 70.4 Å². The van der Waals surface area contributed by atoms with Crippen LogP contribution in [-0.2, 0) is 23.9 Å². The molecule has 0 saturated heterocycles. The predicted molar refractivity (Wildman–Crippen MR) is 124 cm³/mol. The van der Waals surface area contributed by atoms with Crippen LogP contribution in [0.4, 0.5) is 5.69 Å². The lowest BCUT2D eigenvalue weighted by atomic mass is 10.1. The highest BCUT2D eigenvalue weighted by Gasteiger charge is 2.40. The smallest absolute Gasteiger partial charge is 0.330 e. The van der Waals surface area contributed by atoms with Gasteiger partial charge in [0.25, 0.3) is 5.71 Å². The summed E-state index contributed by atoms with van der Waals surface area (Å²) in [6.45, 7) is 7.67. The van der Waals surface area contributed by atoms with Crippen LogP contribution in [0.1, 0.15) is 25.8 Å². The van der Waals surface area contributed by atoms with Crippen molar-refractivity contribution in [3.63, 3.8) is 0 Å². The fraction of sp³-hybridized carbons (Fsp3) is 0.304. The molecule has 0 aromatic heterocycles. The second kappa shape index (κ2) is 12.0. The van der Waals surface area contributed by atoms with E-state index in [1.807, 2.05) is 0 Å². The van der Waals surface area contributed by atoms with E-state index in [0.29, 0.717) is 20.5 Å². The molecule has 0 N–H and O–H groups in total. The van der Waals surface area contributed by atoms with Gasteiger partial charge >= 0.3 is 17.8 Å². The van der Waals surface area contributed by atoms with E-state index in [0.717, 1.165) is 6.08 Å². The average molecular weight is 505 g/mol. The van der Waals surface area contributed by atoms with E-state index in [-0.39, 0.29) is 31.9 Å². The molecule has 1 atom stereocenters. The molecule has 0 aliphatic carbocycles. The molecule has 0 fully saturated rings. The lowest BCUT2D eigenvalue weighted by molar-refractivity contribution is -0.485. The van der Waals surface area contributed by atoms with Crippen LogP contribution in [0.5, 0.6) is 0 Å². The molecule has 1 heterocycles. The molecule has 1 aliphatic heterocycles. The monoisotopic (exact) mass is 504 g/mol. The first-order valence-corrected chi connectivity index (χ1v) is 10.9. The van der Waals surface area contributed by atoms with Gasteiger partial charge in [-0.05, 0) is 38.1 Å². The summed E-state index contributed by atoms with van der Waals surface area (Å²) in [7, 11) is 0. The number of hydroxylamine groups is 1. The standard InChI is InChI=1S/C23H25BrN2O6/c1-4-14-25-19-12-10-16(24)15-18(19)22(23(25)29)26(30)17(11-13-21(28)32-6-3)8-7-9-20(27)31-5-2/h4,7,9-13,15,17H,1,5-6,8,14H2,2-3H3/b9-7+,13-11+,26-22+. The lowest BCUT2D eigenvalue weighted by Crippen LogP contribution is -2.36. The van der Waals surface area contributed by atoms with Gasteiger partial charge in [0.05, 0.1) is 24.5 Å². The van der Waals surface area contributed by atoms with Gasteiger partial charge in [-0.15, -0.1) is 6.58 Å². The number of hydrogen-bond acceptors (Lipinski definition) is 6. The van der Waals surface area contributed by atoms with Crippen LogP contribution < -0.4 is 4.90 Å². The van der Waals surface area contributed by atoms with E-state index < -0.39 is 23.9 Å². The summed E-state index contributed by atoms with van der Waals surface area (Å²) in [5, 5.41) is 13.4. The molecule has 1 aliphatic rings. The minimum absolute atomic E-state index is 0.0554. The second-order valence-corrected chi connectivity index (χ2v) is 7.52. The Morgan fingerprint density at radius 3 is 2.50 bits per heavy atom. The number of carbonyl (C=O) groups is 3. The minimum Gasteiger partial charge on any atom is -0.623 e. The molecule has 2 rings (SSSR count). The summed E-state index contributed by atoms with van der Waals surface area (Å²) in [6.07, 6.45) is 6.79. The number of benzene rings is 1. The number of rotatable bonds is 10. The van der Waals surface area contributed by atoms with Crippen LogP contribution in [-0.4, -0.2) is 54.1 Å². The summed E-state index contributed by atoms with van der Waals surface area (Å²) >= 11 is 3.38. The minimum atomic E-state index is -0.945. The number of ether oxygens (including phenoxy) is 2. The zero-order valence-corrected chi connectivity index (χ0v) is 19.5. The SMILES string of the molecule is C=CCN1C(=O)/C(=[N+](/[O-])C(/C=C/C(=O)OCC)C/C=C/C(=O)OCC)c2cc(Br)ccc21. The van der Waals surface area contributed by atoms with E-state index in [2.05, 4.69) is 22.5 Å². The topological polar surface area (TPSA) is 99.0 Å². The zero-order chi connectivity index (χ0) is 23.7. The Kier molecular flexibility index (Phi) is 9.39. The van der Waals surface area contributed by atoms with E-state index >= 15 is 0 Å². The quantitative estimate of drug-likeness (QED) is 0.121. The van der Waals surface area contributed by atoms with E-state index in [1.54, 1.807) is 38.1 Å². The van der Waals surface area contributed by atoms with Gasteiger partial charge in [0.1, 0.15) is 0 Å². The highest BCUT2D eigenvalue weighted by Crippen LogP contribution is 2.32. The molecule has 0 spiro atoms. The molecular formula is C23H25BrN2O6. The molecule has 1 aromatic carbocycles. The Balaban J connectivity index is 2.49. The summed E-state index contributed by atoms with van der Waals surface area (Å²) < 4.78 is 11.0. The van der Waals surface area contributed by atoms with Crippen molar-refractivity contribution in [2.75, 3.05) is 24.7 Å². The van der Waals surface area contributed by atoms with Gasteiger partial charge in [-0.3, -0.25) is 9.69 Å². The average Bonchev–Trinajstić information content (AvgIpc) is 3.01. The Morgan fingerprint density at radius 2 is 1.88 bits per heavy atom. The van der Waals surface area contributed by atoms with Gasteiger partial charge in [0, 0.05) is 29.6 Å². The predicted octanol–water partition coefficient (Wildman–Crippen LogP) is 3.28. The van der Waals surface area contributed by atoms with Crippen molar-refractivity contribution in [1.29, 1.82) is 0 Å². The zero-order valence-electron chi connectivity index (χ0n) is 18.0. The van der Waals surface area contributed by atoms with Crippen LogP contribution in [0.25, 0.3) is 0 Å². The highest BCUT2D eigenvalue weighted by molar-refractivity contribution is 9.10. The van der Waals surface area contributed by atoms with Crippen molar-refractivity contribution < 1.29 is 28.6 Å². The highest BCUT2D eigenvalue weighted by atomic mass is 79.9. The maximum absolute atomic E-state index is 13.4. The van der Waals surface area contributed by atoms with Gasteiger partial charge in [-0.25, -0.2) is 9.59 Å². The number of anilines is 1. The molecule has 32 heavy (non-hydrogen) atoms. The normalized spacial score (nSPS) is 15.7. The number of nitrogens with zero attached hydrogens (tertiary/aromatic N) is 2. The number of esters is 2. The summed E-state index contributed by atoms with van der Waals surface area (Å²) in [6, 6.07) is 4.27. The van der Waals surface area contributed by atoms with Crippen molar-refractivity contribution >= 4 is 45.2 Å². The first kappa shape index (κ1) is 25.1. The second-order valence-electron chi connectivity index (χ2n) is 6.61. The van der Waals surface area contributed by atoms with Gasteiger partial charge in [0.15, 0.2) is 6.04 Å². The Bertz CT molecular complexity index is 983. The molecule has 1 unspecified atom stereocenters. The molecule has 0 saturated carbocycles. The van der Waals surface area contributed by atoms with Crippen LogP contribution in [0.3, 0.4) is 0 Å². The fourth-order valence-electron chi connectivity index (χ4n) is 3.10. The third kappa shape index (κ3) is 6.16. The number of amides is 1. The van der Waals surface area contributed by atoms with Gasteiger partial charge in [0.2, 0.25) is 0 Å². The summed E-state index contributed by atoms with van der Waals surface area (Å²) in [5.41, 5.74) is 0.987. The van der Waals surface area contributed by atoms with Gasteiger partial charge < -0.3 is 14.7 Å².